The summed E-state index contributed by atoms with van der Waals surface area (Å²) in [5, 5.41) is 0.0823. The quantitative estimate of drug-likeness (QED) is 0.306. The van der Waals surface area contributed by atoms with Crippen LogP contribution in [-0.2, 0) is 10.6 Å². The molecule has 0 N–H and O–H groups in total. The number of rotatable bonds is 8. The van der Waals surface area contributed by atoms with E-state index < -0.39 is 20.1 Å². The Morgan fingerprint density at radius 1 is 1.12 bits per heavy atom. The standard InChI is InChI=1S/C19H29F3O3Si/c1-7-16(23)14-9-10-17(15(13-14)19(20,21)22)24-11-8-12-25-26(5,6)18(2,3)4/h9-10,13H,7-8,11-12H2,1-6H3. The number of benzene rings is 1. The lowest BCUT2D eigenvalue weighted by molar-refractivity contribution is -0.139. The van der Waals surface area contributed by atoms with Crippen molar-refractivity contribution >= 4 is 14.1 Å². The van der Waals surface area contributed by atoms with Gasteiger partial charge in [0.1, 0.15) is 5.75 Å². The lowest BCUT2D eigenvalue weighted by Gasteiger charge is -2.36. The fourth-order valence-corrected chi connectivity index (χ4v) is 3.13. The van der Waals surface area contributed by atoms with Gasteiger partial charge in [0.15, 0.2) is 14.1 Å². The molecular formula is C19H29F3O3Si. The maximum atomic E-state index is 13.2. The fourth-order valence-electron chi connectivity index (χ4n) is 2.04. The fraction of sp³-hybridized carbons (Fsp3) is 0.632. The van der Waals surface area contributed by atoms with Crippen LogP contribution in [0, 0.1) is 0 Å². The van der Waals surface area contributed by atoms with E-state index in [1.165, 1.54) is 12.1 Å². The van der Waals surface area contributed by atoms with Gasteiger partial charge in [-0.15, -0.1) is 0 Å². The average Bonchev–Trinajstić information content (AvgIpc) is 2.51. The van der Waals surface area contributed by atoms with Gasteiger partial charge in [-0.3, -0.25) is 4.79 Å². The maximum absolute atomic E-state index is 13.2. The van der Waals surface area contributed by atoms with Gasteiger partial charge in [0.05, 0.1) is 12.2 Å². The molecule has 26 heavy (non-hydrogen) atoms. The summed E-state index contributed by atoms with van der Waals surface area (Å²) in [5.74, 6) is -0.581. The Bertz CT molecular complexity index is 619. The molecule has 0 fully saturated rings. The van der Waals surface area contributed by atoms with E-state index in [9.17, 15) is 18.0 Å². The first-order chi connectivity index (χ1) is 11.8. The third-order valence-electron chi connectivity index (χ3n) is 4.74. The van der Waals surface area contributed by atoms with Crippen LogP contribution in [0.1, 0.15) is 56.5 Å². The largest absolute Gasteiger partial charge is 0.493 e. The Balaban J connectivity index is 2.72. The van der Waals surface area contributed by atoms with Crippen LogP contribution in [-0.4, -0.2) is 27.3 Å². The third kappa shape index (κ3) is 6.12. The highest BCUT2D eigenvalue weighted by Gasteiger charge is 2.37. The molecule has 1 rings (SSSR count). The van der Waals surface area contributed by atoms with E-state index in [0.717, 1.165) is 6.07 Å². The minimum Gasteiger partial charge on any atom is -0.493 e. The van der Waals surface area contributed by atoms with Crippen molar-refractivity contribution in [1.82, 2.24) is 0 Å². The molecule has 0 aromatic heterocycles. The molecule has 0 saturated carbocycles. The molecule has 3 nitrogen and oxygen atoms in total. The van der Waals surface area contributed by atoms with Crippen LogP contribution in [0.25, 0.3) is 0 Å². The highest BCUT2D eigenvalue weighted by atomic mass is 28.4. The number of hydrogen-bond acceptors (Lipinski definition) is 3. The molecule has 148 valence electrons. The van der Waals surface area contributed by atoms with Crippen LogP contribution in [0.2, 0.25) is 18.1 Å². The first-order valence-corrected chi connectivity index (χ1v) is 11.7. The summed E-state index contributed by atoms with van der Waals surface area (Å²) in [6.07, 6.45) is -3.92. The monoisotopic (exact) mass is 390 g/mol. The first kappa shape index (κ1) is 22.7. The summed E-state index contributed by atoms with van der Waals surface area (Å²) in [7, 11) is -1.87. The smallest absolute Gasteiger partial charge is 0.419 e. The lowest BCUT2D eigenvalue weighted by Crippen LogP contribution is -2.41. The summed E-state index contributed by atoms with van der Waals surface area (Å²) < 4.78 is 51.1. The van der Waals surface area contributed by atoms with E-state index in [1.54, 1.807) is 6.92 Å². The number of alkyl halides is 3. The number of Topliss-reactive ketones (excluding diaryl/α,β-unsaturated/α-hetero) is 1. The second-order valence-electron chi connectivity index (χ2n) is 7.80. The van der Waals surface area contributed by atoms with Gasteiger partial charge in [0.2, 0.25) is 0 Å². The van der Waals surface area contributed by atoms with Crippen molar-refractivity contribution < 1.29 is 27.1 Å². The Labute approximate surface area is 155 Å². The SMILES string of the molecule is CCC(=O)c1ccc(OCCCO[Si](C)(C)C(C)(C)C)c(C(F)(F)F)c1. The summed E-state index contributed by atoms with van der Waals surface area (Å²) >= 11 is 0. The summed E-state index contributed by atoms with van der Waals surface area (Å²) in [6, 6.07) is 3.47. The van der Waals surface area contributed by atoms with Crippen molar-refractivity contribution in [1.29, 1.82) is 0 Å². The zero-order chi connectivity index (χ0) is 20.2. The Hall–Kier alpha value is -1.34. The average molecular weight is 391 g/mol. The molecule has 0 heterocycles. The molecule has 0 aliphatic rings. The molecule has 1 aromatic carbocycles. The van der Waals surface area contributed by atoms with Gasteiger partial charge in [-0.2, -0.15) is 13.2 Å². The van der Waals surface area contributed by atoms with Crippen molar-refractivity contribution in [2.24, 2.45) is 0 Å². The number of halogens is 3. The van der Waals surface area contributed by atoms with Gasteiger partial charge in [-0.05, 0) is 36.3 Å². The van der Waals surface area contributed by atoms with Crippen molar-refractivity contribution in [3.8, 4) is 5.75 Å². The summed E-state index contributed by atoms with van der Waals surface area (Å²) in [5.41, 5.74) is -0.865. The Kier molecular flexibility index (Phi) is 7.48. The second-order valence-corrected chi connectivity index (χ2v) is 12.6. The zero-order valence-electron chi connectivity index (χ0n) is 16.4. The Morgan fingerprint density at radius 3 is 2.23 bits per heavy atom. The molecule has 0 amide bonds. The highest BCUT2D eigenvalue weighted by Crippen LogP contribution is 2.38. The number of carbonyl (C=O) groups is 1. The van der Waals surface area contributed by atoms with Crippen LogP contribution in [0.3, 0.4) is 0 Å². The minimum absolute atomic E-state index is 0.0495. The van der Waals surface area contributed by atoms with Gasteiger partial charge in [0, 0.05) is 25.0 Å². The molecule has 0 aliphatic heterocycles. The molecule has 0 unspecified atom stereocenters. The van der Waals surface area contributed by atoms with Crippen LogP contribution < -0.4 is 4.74 Å². The van der Waals surface area contributed by atoms with E-state index in [1.807, 2.05) is 0 Å². The minimum atomic E-state index is -4.57. The zero-order valence-corrected chi connectivity index (χ0v) is 17.4. The van der Waals surface area contributed by atoms with Crippen molar-refractivity contribution in [2.45, 2.75) is 64.8 Å². The highest BCUT2D eigenvalue weighted by molar-refractivity contribution is 6.74. The first-order valence-electron chi connectivity index (χ1n) is 8.81. The van der Waals surface area contributed by atoms with Gasteiger partial charge < -0.3 is 9.16 Å². The van der Waals surface area contributed by atoms with E-state index in [2.05, 4.69) is 33.9 Å². The van der Waals surface area contributed by atoms with Crippen molar-refractivity contribution in [2.75, 3.05) is 13.2 Å². The number of carbonyl (C=O) groups excluding carboxylic acids is 1. The number of hydrogen-bond donors (Lipinski definition) is 0. The van der Waals surface area contributed by atoms with Gasteiger partial charge in [0.25, 0.3) is 0 Å². The van der Waals surface area contributed by atoms with E-state index in [0.29, 0.717) is 13.0 Å². The van der Waals surface area contributed by atoms with Gasteiger partial charge in [-0.1, -0.05) is 27.7 Å². The predicted octanol–water partition coefficient (Wildman–Crippen LogP) is 6.09. The van der Waals surface area contributed by atoms with Crippen molar-refractivity contribution in [3.05, 3.63) is 29.3 Å². The van der Waals surface area contributed by atoms with Crippen LogP contribution >= 0.6 is 0 Å². The molecule has 0 spiro atoms. The molecule has 0 atom stereocenters. The van der Waals surface area contributed by atoms with Crippen LogP contribution in [0.5, 0.6) is 5.75 Å². The number of ketones is 1. The van der Waals surface area contributed by atoms with Gasteiger partial charge in [-0.25, -0.2) is 0 Å². The maximum Gasteiger partial charge on any atom is 0.419 e. The lowest BCUT2D eigenvalue weighted by atomic mass is 10.0. The summed E-state index contributed by atoms with van der Waals surface area (Å²) in [4.78, 5) is 11.7. The van der Waals surface area contributed by atoms with Crippen molar-refractivity contribution in [3.63, 3.8) is 0 Å². The van der Waals surface area contributed by atoms with Crippen LogP contribution in [0.15, 0.2) is 18.2 Å². The second kappa shape index (κ2) is 8.56. The van der Waals surface area contributed by atoms with E-state index in [4.69, 9.17) is 9.16 Å². The molecule has 7 heteroatoms. The topological polar surface area (TPSA) is 35.5 Å². The Morgan fingerprint density at radius 2 is 1.73 bits per heavy atom. The van der Waals surface area contributed by atoms with Crippen LogP contribution in [0.4, 0.5) is 13.2 Å². The summed E-state index contributed by atoms with van der Waals surface area (Å²) in [6.45, 7) is 12.8. The molecule has 0 bridgehead atoms. The number of ether oxygens (including phenoxy) is 1. The molecular weight excluding hydrogens is 361 g/mol. The predicted molar refractivity (Wildman–Crippen MR) is 99.3 cm³/mol. The normalized spacial score (nSPS) is 13.0. The van der Waals surface area contributed by atoms with E-state index in [-0.39, 0.29) is 35.2 Å². The molecule has 1 aromatic rings. The van der Waals surface area contributed by atoms with E-state index >= 15 is 0 Å². The third-order valence-corrected chi connectivity index (χ3v) is 9.28. The molecule has 0 saturated heterocycles. The molecule has 0 aliphatic carbocycles. The van der Waals surface area contributed by atoms with Gasteiger partial charge >= 0.3 is 6.18 Å². The molecule has 0 radical (unpaired) electrons.